The average molecular weight is 436 g/mol. The van der Waals surface area contributed by atoms with Gasteiger partial charge in [-0.25, -0.2) is 9.98 Å². The van der Waals surface area contributed by atoms with Gasteiger partial charge in [-0.2, -0.15) is 0 Å². The normalized spacial score (nSPS) is 17.0. The molecule has 0 aromatic heterocycles. The molecular weight excluding hydrogens is 402 g/mol. The van der Waals surface area contributed by atoms with Gasteiger partial charge in [0.25, 0.3) is 5.69 Å². The van der Waals surface area contributed by atoms with Crippen LogP contribution in [-0.2, 0) is 4.74 Å². The Bertz CT molecular complexity index is 1020. The number of aliphatic imine (C=N–C) groups is 2. The second-order valence-corrected chi connectivity index (χ2v) is 9.99. The molecule has 0 spiro atoms. The molecule has 0 bridgehead atoms. The number of hydrogen-bond donors (Lipinski definition) is 0. The molecule has 0 unspecified atom stereocenters. The third-order valence-electron chi connectivity index (χ3n) is 5.77. The van der Waals surface area contributed by atoms with E-state index in [0.717, 1.165) is 22.4 Å². The van der Waals surface area contributed by atoms with Crippen LogP contribution in [0.3, 0.4) is 0 Å². The summed E-state index contributed by atoms with van der Waals surface area (Å²) in [4.78, 5) is 20.8. The van der Waals surface area contributed by atoms with Crippen molar-refractivity contribution in [2.45, 2.75) is 66.3 Å². The third kappa shape index (κ3) is 5.06. The van der Waals surface area contributed by atoms with Gasteiger partial charge < -0.3 is 4.74 Å². The van der Waals surface area contributed by atoms with Gasteiger partial charge in [0.2, 0.25) is 5.90 Å². The molecule has 1 aliphatic heterocycles. The maximum atomic E-state index is 11.1. The Morgan fingerprint density at radius 1 is 1.06 bits per heavy atom. The van der Waals surface area contributed by atoms with Crippen LogP contribution in [-0.4, -0.2) is 29.2 Å². The lowest BCUT2D eigenvalue weighted by atomic mass is 9.88. The van der Waals surface area contributed by atoms with Crippen LogP contribution < -0.4 is 0 Å². The van der Waals surface area contributed by atoms with Gasteiger partial charge in [0.05, 0.1) is 16.7 Å². The lowest BCUT2D eigenvalue weighted by Crippen LogP contribution is -2.25. The van der Waals surface area contributed by atoms with Gasteiger partial charge in [-0.3, -0.25) is 10.1 Å². The van der Waals surface area contributed by atoms with E-state index >= 15 is 0 Å². The van der Waals surface area contributed by atoms with Crippen molar-refractivity contribution in [2.24, 2.45) is 15.4 Å². The molecule has 3 rings (SSSR count). The number of nitro benzene ring substituents is 1. The fourth-order valence-corrected chi connectivity index (χ4v) is 3.68. The first-order chi connectivity index (χ1) is 15.0. The Kier molecular flexibility index (Phi) is 6.82. The molecule has 1 heterocycles. The summed E-state index contributed by atoms with van der Waals surface area (Å²) in [5.74, 6) is 1.07. The molecule has 0 fully saturated rings. The lowest BCUT2D eigenvalue weighted by molar-refractivity contribution is -0.384. The van der Waals surface area contributed by atoms with Gasteiger partial charge in [-0.15, -0.1) is 0 Å². The molecule has 32 heavy (non-hydrogen) atoms. The van der Waals surface area contributed by atoms with Crippen LogP contribution in [0.5, 0.6) is 0 Å². The number of ether oxygens (including phenoxy) is 1. The smallest absolute Gasteiger partial charge is 0.269 e. The molecule has 0 saturated carbocycles. The number of nitrogens with zero attached hydrogens (tertiary/aromatic N) is 3. The minimum atomic E-state index is -0.398. The number of nitro groups is 1. The second kappa shape index (κ2) is 9.23. The Labute approximate surface area is 190 Å². The molecule has 2 aromatic rings. The Hall–Kier alpha value is -3.02. The molecule has 1 aliphatic rings. The van der Waals surface area contributed by atoms with Crippen LogP contribution in [0.4, 0.5) is 11.4 Å². The van der Waals surface area contributed by atoms with E-state index in [4.69, 9.17) is 14.7 Å². The fraction of sp³-hybridized carbons (Fsp3) is 0.462. The van der Waals surface area contributed by atoms with Crippen molar-refractivity contribution in [3.63, 3.8) is 0 Å². The van der Waals surface area contributed by atoms with Crippen molar-refractivity contribution in [1.82, 2.24) is 0 Å². The van der Waals surface area contributed by atoms with Crippen molar-refractivity contribution in [3.8, 4) is 0 Å². The minimum absolute atomic E-state index is 0.0191. The zero-order valence-electron chi connectivity index (χ0n) is 20.0. The minimum Gasteiger partial charge on any atom is -0.474 e. The first-order valence-electron chi connectivity index (χ1n) is 11.2. The van der Waals surface area contributed by atoms with Crippen molar-refractivity contribution in [1.29, 1.82) is 0 Å². The third-order valence-corrected chi connectivity index (χ3v) is 5.77. The second-order valence-electron chi connectivity index (χ2n) is 9.99. The standard InChI is InChI=1S/C26H33N3O3/c1-16(2)20-9-8-10-21(17(3)4)24(20)28-23(18-11-13-19(14-12-18)29(30)31)25-27-22(15-32-25)26(5,6)7/h8-14,16-17,22H,15H2,1-7H3/b28-23+/t22-/m1/s1. The lowest BCUT2D eigenvalue weighted by Gasteiger charge is -2.21. The molecule has 1 atom stereocenters. The van der Waals surface area contributed by atoms with Crippen molar-refractivity contribution in [2.75, 3.05) is 6.61 Å². The van der Waals surface area contributed by atoms with E-state index in [1.54, 1.807) is 12.1 Å². The highest BCUT2D eigenvalue weighted by atomic mass is 16.6. The average Bonchev–Trinajstić information content (AvgIpc) is 3.22. The Morgan fingerprint density at radius 2 is 1.62 bits per heavy atom. The number of para-hydroxylation sites is 1. The highest BCUT2D eigenvalue weighted by Crippen LogP contribution is 2.36. The fourth-order valence-electron chi connectivity index (χ4n) is 3.68. The predicted molar refractivity (Wildman–Crippen MR) is 131 cm³/mol. The van der Waals surface area contributed by atoms with Gasteiger partial charge in [-0.1, -0.05) is 66.7 Å². The van der Waals surface area contributed by atoms with Crippen LogP contribution in [0.1, 0.15) is 77.0 Å². The maximum absolute atomic E-state index is 11.1. The molecule has 170 valence electrons. The highest BCUT2D eigenvalue weighted by Gasteiger charge is 2.32. The van der Waals surface area contributed by atoms with Gasteiger partial charge in [-0.05, 0) is 40.5 Å². The van der Waals surface area contributed by atoms with Gasteiger partial charge in [0.1, 0.15) is 12.3 Å². The molecular formula is C26H33N3O3. The van der Waals surface area contributed by atoms with E-state index in [1.165, 1.54) is 12.1 Å². The van der Waals surface area contributed by atoms with E-state index in [2.05, 4.69) is 66.7 Å². The van der Waals surface area contributed by atoms with E-state index in [9.17, 15) is 10.1 Å². The first-order valence-corrected chi connectivity index (χ1v) is 11.2. The van der Waals surface area contributed by atoms with E-state index in [-0.39, 0.29) is 17.1 Å². The summed E-state index contributed by atoms with van der Waals surface area (Å²) < 4.78 is 6.04. The summed E-state index contributed by atoms with van der Waals surface area (Å²) >= 11 is 0. The van der Waals surface area contributed by atoms with Gasteiger partial charge in [0, 0.05) is 17.7 Å². The molecule has 0 N–H and O–H groups in total. The van der Waals surface area contributed by atoms with Crippen LogP contribution in [0.25, 0.3) is 0 Å². The van der Waals surface area contributed by atoms with Crippen molar-refractivity contribution >= 4 is 23.0 Å². The van der Waals surface area contributed by atoms with Crippen molar-refractivity contribution < 1.29 is 9.66 Å². The quantitative estimate of drug-likeness (QED) is 0.284. The summed E-state index contributed by atoms with van der Waals surface area (Å²) in [6.45, 7) is 15.5. The van der Waals surface area contributed by atoms with Crippen LogP contribution >= 0.6 is 0 Å². The number of benzene rings is 2. The molecule has 6 nitrogen and oxygen atoms in total. The van der Waals surface area contributed by atoms with Gasteiger partial charge >= 0.3 is 0 Å². The molecule has 0 radical (unpaired) electrons. The maximum Gasteiger partial charge on any atom is 0.269 e. The molecule has 0 aliphatic carbocycles. The molecule has 2 aromatic carbocycles. The largest absolute Gasteiger partial charge is 0.474 e. The Balaban J connectivity index is 2.23. The van der Waals surface area contributed by atoms with Crippen LogP contribution in [0, 0.1) is 15.5 Å². The monoisotopic (exact) mass is 435 g/mol. The summed E-state index contributed by atoms with van der Waals surface area (Å²) in [6.07, 6.45) is 0. The van der Waals surface area contributed by atoms with Crippen LogP contribution in [0.2, 0.25) is 0 Å². The van der Waals surface area contributed by atoms with Crippen LogP contribution in [0.15, 0.2) is 52.4 Å². The predicted octanol–water partition coefficient (Wildman–Crippen LogP) is 6.81. The van der Waals surface area contributed by atoms with Crippen molar-refractivity contribution in [3.05, 3.63) is 69.3 Å². The zero-order valence-corrected chi connectivity index (χ0v) is 20.0. The number of non-ortho nitro benzene ring substituents is 1. The van der Waals surface area contributed by atoms with E-state index in [0.29, 0.717) is 30.1 Å². The molecule has 0 amide bonds. The first kappa shape index (κ1) is 23.6. The topological polar surface area (TPSA) is 77.1 Å². The molecule has 6 heteroatoms. The SMILES string of the molecule is CC(C)c1cccc(C(C)C)c1/N=C(/C1=N[C@@H](C(C)(C)C)CO1)c1ccc([N+](=O)[O-])cc1. The summed E-state index contributed by atoms with van der Waals surface area (Å²) in [7, 11) is 0. The van der Waals surface area contributed by atoms with E-state index < -0.39 is 4.92 Å². The number of hydrogen-bond acceptors (Lipinski definition) is 5. The summed E-state index contributed by atoms with van der Waals surface area (Å²) in [5, 5.41) is 11.1. The highest BCUT2D eigenvalue weighted by molar-refractivity contribution is 6.46. The van der Waals surface area contributed by atoms with E-state index in [1.807, 2.05) is 0 Å². The zero-order chi connectivity index (χ0) is 23.6. The summed E-state index contributed by atoms with van der Waals surface area (Å²) in [5.41, 5.74) is 4.60. The summed E-state index contributed by atoms with van der Waals surface area (Å²) in [6, 6.07) is 12.8. The number of rotatable bonds is 6. The Morgan fingerprint density at radius 3 is 2.06 bits per heavy atom. The molecule has 0 saturated heterocycles. The van der Waals surface area contributed by atoms with Gasteiger partial charge in [0.15, 0.2) is 0 Å².